The van der Waals surface area contributed by atoms with Crippen molar-refractivity contribution in [3.05, 3.63) is 93.6 Å². The van der Waals surface area contributed by atoms with Gasteiger partial charge in [0.05, 0.1) is 6.10 Å². The molecule has 0 spiro atoms. The lowest BCUT2D eigenvalue weighted by atomic mass is 9.82. The fourth-order valence-electron chi connectivity index (χ4n) is 4.87. The van der Waals surface area contributed by atoms with Gasteiger partial charge in [0.1, 0.15) is 40.1 Å². The lowest BCUT2D eigenvalue weighted by Gasteiger charge is -2.32. The third-order valence-electron chi connectivity index (χ3n) is 6.73. The molecule has 0 bridgehead atoms. The van der Waals surface area contributed by atoms with Gasteiger partial charge in [0, 0.05) is 12.1 Å². The van der Waals surface area contributed by atoms with Gasteiger partial charge in [-0.25, -0.2) is 26.3 Å². The Bertz CT molecular complexity index is 1460. The molecule has 44 heavy (non-hydrogen) atoms. The standard InChI is InChI=1S/C28H19F13O3/c1-12-6-17(29)23(18(30)7-12)27(37,38)43-16-10-19(31)24(20(32)11-16)26(35,36)42-15-4-2-13(3-5-15)14-8-21(33)25(22(34)9-14)44-28(39,40)41/h6-11,13,15H,2-5H2,1H3. The SMILES string of the molecule is Cc1cc(F)c(C(F)(F)Oc2cc(F)c(C(F)(F)OC3CCC(c4cc(F)c(OC(F)(F)F)c(F)c4)CC3)c(F)c2)c(F)c1. The molecule has 0 saturated heterocycles. The molecule has 0 N–H and O–H groups in total. The lowest BCUT2D eigenvalue weighted by Crippen LogP contribution is -2.31. The van der Waals surface area contributed by atoms with Gasteiger partial charge < -0.3 is 14.2 Å². The van der Waals surface area contributed by atoms with Crippen LogP contribution in [0.5, 0.6) is 11.5 Å². The van der Waals surface area contributed by atoms with E-state index in [0.717, 1.165) is 0 Å². The maximum absolute atomic E-state index is 14.9. The van der Waals surface area contributed by atoms with Crippen LogP contribution in [0.2, 0.25) is 0 Å². The Balaban J connectivity index is 1.45. The minimum absolute atomic E-state index is 0.0558. The molecule has 0 amide bonds. The van der Waals surface area contributed by atoms with Gasteiger partial charge in [-0.3, -0.25) is 0 Å². The Hall–Kier alpha value is -3.69. The van der Waals surface area contributed by atoms with Crippen LogP contribution in [0.4, 0.5) is 57.1 Å². The molecular weight excluding hydrogens is 631 g/mol. The number of rotatable bonds is 8. The summed E-state index contributed by atoms with van der Waals surface area (Å²) in [6, 6.07) is 2.18. The number of hydrogen-bond donors (Lipinski definition) is 0. The smallest absolute Gasteiger partial charge is 0.429 e. The molecule has 3 aromatic rings. The Kier molecular flexibility index (Phi) is 9.06. The predicted molar refractivity (Wildman–Crippen MR) is 125 cm³/mol. The molecule has 4 rings (SSSR count). The van der Waals surface area contributed by atoms with E-state index in [1.165, 1.54) is 6.92 Å². The second kappa shape index (κ2) is 12.0. The van der Waals surface area contributed by atoms with Gasteiger partial charge in [-0.2, -0.15) is 17.6 Å². The minimum Gasteiger partial charge on any atom is -0.429 e. The van der Waals surface area contributed by atoms with E-state index in [2.05, 4.69) is 14.2 Å². The summed E-state index contributed by atoms with van der Waals surface area (Å²) in [5.74, 6) is -14.7. The first-order chi connectivity index (χ1) is 20.3. The van der Waals surface area contributed by atoms with Gasteiger partial charge >= 0.3 is 18.6 Å². The summed E-state index contributed by atoms with van der Waals surface area (Å²) in [5, 5.41) is 0. The quantitative estimate of drug-likeness (QED) is 0.227. The summed E-state index contributed by atoms with van der Waals surface area (Å²) in [6.07, 6.45) is -16.8. The molecule has 3 aromatic carbocycles. The van der Waals surface area contributed by atoms with Gasteiger partial charge in [0.25, 0.3) is 0 Å². The molecule has 0 atom stereocenters. The molecular formula is C28H19F13O3. The van der Waals surface area contributed by atoms with Crippen molar-refractivity contribution in [2.45, 2.75) is 63.2 Å². The van der Waals surface area contributed by atoms with E-state index in [9.17, 15) is 57.1 Å². The summed E-state index contributed by atoms with van der Waals surface area (Å²) in [5.41, 5.74) is -4.01. The Morgan fingerprint density at radius 3 is 1.50 bits per heavy atom. The molecule has 0 heterocycles. The maximum atomic E-state index is 14.9. The molecule has 0 radical (unpaired) electrons. The van der Waals surface area contributed by atoms with E-state index in [4.69, 9.17) is 0 Å². The lowest BCUT2D eigenvalue weighted by molar-refractivity contribution is -0.280. The van der Waals surface area contributed by atoms with Crippen molar-refractivity contribution < 1.29 is 71.3 Å². The van der Waals surface area contributed by atoms with E-state index < -0.39 is 88.1 Å². The van der Waals surface area contributed by atoms with Crippen LogP contribution < -0.4 is 9.47 Å². The van der Waals surface area contributed by atoms with Crippen molar-refractivity contribution in [1.82, 2.24) is 0 Å². The van der Waals surface area contributed by atoms with E-state index in [0.29, 0.717) is 24.3 Å². The average molecular weight is 650 g/mol. The highest BCUT2D eigenvalue weighted by atomic mass is 19.4. The zero-order chi connectivity index (χ0) is 32.8. The molecule has 0 aromatic heterocycles. The Morgan fingerprint density at radius 2 is 1.02 bits per heavy atom. The van der Waals surface area contributed by atoms with Crippen molar-refractivity contribution in [2.24, 2.45) is 0 Å². The monoisotopic (exact) mass is 650 g/mol. The van der Waals surface area contributed by atoms with E-state index in [-0.39, 0.29) is 48.9 Å². The van der Waals surface area contributed by atoms with Gasteiger partial charge in [0.2, 0.25) is 5.75 Å². The second-order valence-electron chi connectivity index (χ2n) is 9.95. The predicted octanol–water partition coefficient (Wildman–Crippen LogP) is 9.65. The summed E-state index contributed by atoms with van der Waals surface area (Å²) in [6.45, 7) is 1.20. The fourth-order valence-corrected chi connectivity index (χ4v) is 4.87. The van der Waals surface area contributed by atoms with Gasteiger partial charge in [-0.1, -0.05) is 0 Å². The average Bonchev–Trinajstić information content (AvgIpc) is 2.84. The Morgan fingerprint density at radius 1 is 0.568 bits per heavy atom. The molecule has 1 aliphatic carbocycles. The van der Waals surface area contributed by atoms with Crippen LogP contribution in [0.15, 0.2) is 36.4 Å². The number of ether oxygens (including phenoxy) is 3. The van der Waals surface area contributed by atoms with Crippen molar-refractivity contribution in [1.29, 1.82) is 0 Å². The van der Waals surface area contributed by atoms with Crippen molar-refractivity contribution in [3.63, 3.8) is 0 Å². The molecule has 1 aliphatic rings. The fraction of sp³-hybridized carbons (Fsp3) is 0.357. The van der Waals surface area contributed by atoms with Crippen molar-refractivity contribution in [3.8, 4) is 11.5 Å². The van der Waals surface area contributed by atoms with Gasteiger partial charge in [-0.05, 0) is 73.9 Å². The number of alkyl halides is 7. The van der Waals surface area contributed by atoms with Gasteiger partial charge in [0.15, 0.2) is 11.6 Å². The van der Waals surface area contributed by atoms with Crippen LogP contribution in [0.25, 0.3) is 0 Å². The Labute approximate surface area is 240 Å². The van der Waals surface area contributed by atoms with Crippen LogP contribution in [0, 0.1) is 41.8 Å². The largest absolute Gasteiger partial charge is 0.573 e. The third-order valence-corrected chi connectivity index (χ3v) is 6.73. The number of halogens is 13. The summed E-state index contributed by atoms with van der Waals surface area (Å²) >= 11 is 0. The van der Waals surface area contributed by atoms with Crippen molar-refractivity contribution in [2.75, 3.05) is 0 Å². The first-order valence-corrected chi connectivity index (χ1v) is 12.6. The van der Waals surface area contributed by atoms with Crippen LogP contribution >= 0.6 is 0 Å². The summed E-state index contributed by atoms with van der Waals surface area (Å²) in [4.78, 5) is 0. The summed E-state index contributed by atoms with van der Waals surface area (Å²) < 4.78 is 193. The van der Waals surface area contributed by atoms with Gasteiger partial charge in [-0.15, -0.1) is 13.2 Å². The molecule has 3 nitrogen and oxygen atoms in total. The zero-order valence-electron chi connectivity index (χ0n) is 22.1. The van der Waals surface area contributed by atoms with E-state index in [1.54, 1.807) is 0 Å². The normalized spacial score (nSPS) is 18.0. The molecule has 0 aliphatic heterocycles. The highest BCUT2D eigenvalue weighted by molar-refractivity contribution is 5.35. The second-order valence-corrected chi connectivity index (χ2v) is 9.95. The van der Waals surface area contributed by atoms with Crippen LogP contribution in [0.1, 0.15) is 53.9 Å². The summed E-state index contributed by atoms with van der Waals surface area (Å²) in [7, 11) is 0. The molecule has 0 unspecified atom stereocenters. The van der Waals surface area contributed by atoms with Crippen LogP contribution in [-0.2, 0) is 17.0 Å². The third kappa shape index (κ3) is 7.33. The van der Waals surface area contributed by atoms with E-state index >= 15 is 0 Å². The van der Waals surface area contributed by atoms with Crippen LogP contribution in [0.3, 0.4) is 0 Å². The highest BCUT2D eigenvalue weighted by Crippen LogP contribution is 2.43. The van der Waals surface area contributed by atoms with E-state index in [1.807, 2.05) is 0 Å². The first kappa shape index (κ1) is 33.2. The highest BCUT2D eigenvalue weighted by Gasteiger charge is 2.45. The van der Waals surface area contributed by atoms with Crippen LogP contribution in [-0.4, -0.2) is 12.5 Å². The molecule has 1 fully saturated rings. The molecule has 16 heteroatoms. The number of benzene rings is 3. The molecule has 240 valence electrons. The maximum Gasteiger partial charge on any atom is 0.573 e. The number of hydrogen-bond acceptors (Lipinski definition) is 3. The number of aryl methyl sites for hydroxylation is 1. The first-order valence-electron chi connectivity index (χ1n) is 12.6. The minimum atomic E-state index is -5.36. The molecule has 1 saturated carbocycles. The van der Waals surface area contributed by atoms with Crippen molar-refractivity contribution >= 4 is 0 Å². The zero-order valence-corrected chi connectivity index (χ0v) is 22.1. The topological polar surface area (TPSA) is 27.7 Å².